The third-order valence-corrected chi connectivity index (χ3v) is 4.06. The molecule has 1 saturated carbocycles. The van der Waals surface area contributed by atoms with Crippen molar-refractivity contribution in [3.63, 3.8) is 0 Å². The Morgan fingerprint density at radius 2 is 2.04 bits per heavy atom. The average Bonchev–Trinajstić information content (AvgIpc) is 3.04. The first-order valence-electron chi connectivity index (χ1n) is 8.04. The van der Waals surface area contributed by atoms with E-state index < -0.39 is 11.6 Å². The van der Waals surface area contributed by atoms with Gasteiger partial charge in [0.2, 0.25) is 0 Å². The molecule has 1 fully saturated rings. The number of nitrogens with zero attached hydrogens (tertiary/aromatic N) is 2. The molecule has 0 aliphatic heterocycles. The highest BCUT2D eigenvalue weighted by atomic mass is 19.1. The largest absolute Gasteiger partial charge is 0.468 e. The zero-order valence-electron chi connectivity index (χ0n) is 13.2. The normalized spacial score (nSPS) is 15.2. The second-order valence-electron chi connectivity index (χ2n) is 5.90. The van der Waals surface area contributed by atoms with Crippen LogP contribution in [0.5, 0.6) is 5.75 Å². The fourth-order valence-corrected chi connectivity index (χ4v) is 2.79. The van der Waals surface area contributed by atoms with Crippen molar-refractivity contribution < 1.29 is 18.3 Å². The summed E-state index contributed by atoms with van der Waals surface area (Å²) < 4.78 is 33.0. The van der Waals surface area contributed by atoms with Crippen LogP contribution in [-0.4, -0.2) is 21.7 Å². The number of aromatic nitrogens is 2. The molecule has 1 aliphatic carbocycles. The molecule has 0 unspecified atom stereocenters. The van der Waals surface area contributed by atoms with Crippen LogP contribution in [0.3, 0.4) is 0 Å². The van der Waals surface area contributed by atoms with Gasteiger partial charge in [0.25, 0.3) is 5.91 Å². The Morgan fingerprint density at radius 3 is 2.79 bits per heavy atom. The summed E-state index contributed by atoms with van der Waals surface area (Å²) in [7, 11) is 0. The molecular weight excluding hydrogens is 316 g/mol. The summed E-state index contributed by atoms with van der Waals surface area (Å²) in [6.45, 7) is -0.0702. The first-order chi connectivity index (χ1) is 11.6. The number of carbonyl (C=O) groups is 1. The number of hydrogen-bond donors (Lipinski definition) is 1. The van der Waals surface area contributed by atoms with Crippen molar-refractivity contribution in [1.82, 2.24) is 15.1 Å². The van der Waals surface area contributed by atoms with Crippen molar-refractivity contribution in [2.45, 2.75) is 44.9 Å². The van der Waals surface area contributed by atoms with Crippen LogP contribution in [0.2, 0.25) is 0 Å². The van der Waals surface area contributed by atoms with Gasteiger partial charge in [-0.25, -0.2) is 13.5 Å². The SMILES string of the molecule is O=C(NC1CCCCC1)c1ccn(COc2ccc(F)cc2F)n1. The fourth-order valence-electron chi connectivity index (χ4n) is 2.79. The van der Waals surface area contributed by atoms with Crippen molar-refractivity contribution in [3.8, 4) is 5.75 Å². The second-order valence-corrected chi connectivity index (χ2v) is 5.90. The molecule has 1 aliphatic rings. The number of amides is 1. The summed E-state index contributed by atoms with van der Waals surface area (Å²) in [6.07, 6.45) is 7.07. The average molecular weight is 335 g/mol. The maximum atomic E-state index is 13.5. The first kappa shape index (κ1) is 16.4. The van der Waals surface area contributed by atoms with E-state index in [0.29, 0.717) is 5.69 Å². The molecule has 1 heterocycles. The van der Waals surface area contributed by atoms with E-state index in [1.165, 1.54) is 17.2 Å². The third kappa shape index (κ3) is 4.10. The number of halogens is 2. The molecule has 1 amide bonds. The molecule has 0 bridgehead atoms. The quantitative estimate of drug-likeness (QED) is 0.912. The van der Waals surface area contributed by atoms with Crippen molar-refractivity contribution in [3.05, 3.63) is 47.8 Å². The van der Waals surface area contributed by atoms with Crippen LogP contribution >= 0.6 is 0 Å². The Hall–Kier alpha value is -2.44. The minimum Gasteiger partial charge on any atom is -0.468 e. The van der Waals surface area contributed by atoms with Crippen molar-refractivity contribution >= 4 is 5.91 Å². The third-order valence-electron chi connectivity index (χ3n) is 4.06. The predicted molar refractivity (Wildman–Crippen MR) is 83.6 cm³/mol. The summed E-state index contributed by atoms with van der Waals surface area (Å²) in [6, 6.07) is 4.88. The Morgan fingerprint density at radius 1 is 1.25 bits per heavy atom. The molecule has 0 saturated heterocycles. The monoisotopic (exact) mass is 335 g/mol. The van der Waals surface area contributed by atoms with Crippen LogP contribution in [0.1, 0.15) is 42.6 Å². The zero-order valence-corrected chi connectivity index (χ0v) is 13.2. The number of benzene rings is 1. The van der Waals surface area contributed by atoms with Gasteiger partial charge in [-0.2, -0.15) is 5.10 Å². The van der Waals surface area contributed by atoms with E-state index in [2.05, 4.69) is 10.4 Å². The van der Waals surface area contributed by atoms with Crippen molar-refractivity contribution in [1.29, 1.82) is 0 Å². The van der Waals surface area contributed by atoms with Gasteiger partial charge < -0.3 is 10.1 Å². The van der Waals surface area contributed by atoms with Gasteiger partial charge in [0.1, 0.15) is 11.5 Å². The summed E-state index contributed by atoms with van der Waals surface area (Å²) >= 11 is 0. The summed E-state index contributed by atoms with van der Waals surface area (Å²) in [4.78, 5) is 12.2. The highest BCUT2D eigenvalue weighted by Crippen LogP contribution is 2.19. The van der Waals surface area contributed by atoms with Gasteiger partial charge in [-0.05, 0) is 31.0 Å². The lowest BCUT2D eigenvalue weighted by Crippen LogP contribution is -2.36. The van der Waals surface area contributed by atoms with Crippen LogP contribution in [0, 0.1) is 11.6 Å². The Labute approximate surface area is 138 Å². The minimum atomic E-state index is -0.780. The number of rotatable bonds is 5. The molecule has 24 heavy (non-hydrogen) atoms. The molecule has 0 atom stereocenters. The van der Waals surface area contributed by atoms with E-state index in [9.17, 15) is 13.6 Å². The van der Waals surface area contributed by atoms with Gasteiger partial charge in [0.05, 0.1) is 0 Å². The predicted octanol–water partition coefficient (Wildman–Crippen LogP) is 3.26. The molecule has 128 valence electrons. The Bertz CT molecular complexity index is 712. The van der Waals surface area contributed by atoms with E-state index in [-0.39, 0.29) is 24.4 Å². The maximum Gasteiger partial charge on any atom is 0.271 e. The lowest BCUT2D eigenvalue weighted by atomic mass is 9.95. The van der Waals surface area contributed by atoms with Crippen LogP contribution < -0.4 is 10.1 Å². The van der Waals surface area contributed by atoms with Gasteiger partial charge >= 0.3 is 0 Å². The first-order valence-corrected chi connectivity index (χ1v) is 8.04. The van der Waals surface area contributed by atoms with E-state index in [4.69, 9.17) is 4.74 Å². The smallest absolute Gasteiger partial charge is 0.271 e. The van der Waals surface area contributed by atoms with E-state index in [1.54, 1.807) is 12.3 Å². The molecule has 1 aromatic carbocycles. The topological polar surface area (TPSA) is 56.2 Å². The highest BCUT2D eigenvalue weighted by molar-refractivity contribution is 5.92. The van der Waals surface area contributed by atoms with Gasteiger partial charge in [-0.1, -0.05) is 19.3 Å². The zero-order chi connectivity index (χ0) is 16.9. The van der Waals surface area contributed by atoms with E-state index in [0.717, 1.165) is 37.8 Å². The molecule has 2 aromatic rings. The van der Waals surface area contributed by atoms with E-state index >= 15 is 0 Å². The van der Waals surface area contributed by atoms with Crippen LogP contribution in [0.4, 0.5) is 8.78 Å². The van der Waals surface area contributed by atoms with Crippen LogP contribution in [0.15, 0.2) is 30.5 Å². The van der Waals surface area contributed by atoms with Crippen LogP contribution in [0.25, 0.3) is 0 Å². The molecule has 0 spiro atoms. The fraction of sp³-hybridized carbons (Fsp3) is 0.412. The second kappa shape index (κ2) is 7.42. The summed E-state index contributed by atoms with van der Waals surface area (Å²) in [5.41, 5.74) is 0.295. The molecule has 7 heteroatoms. The van der Waals surface area contributed by atoms with Gasteiger partial charge in [0, 0.05) is 18.3 Å². The standard InChI is InChI=1S/C17H19F2N3O2/c18-12-6-7-16(14(19)10-12)24-11-22-9-8-15(21-22)17(23)20-13-4-2-1-3-5-13/h6-10,13H,1-5,11H2,(H,20,23). The number of ether oxygens (including phenoxy) is 1. The number of hydrogen-bond acceptors (Lipinski definition) is 3. The molecule has 1 N–H and O–H groups in total. The summed E-state index contributed by atoms with van der Waals surface area (Å²) in [5, 5.41) is 7.10. The van der Waals surface area contributed by atoms with Crippen LogP contribution in [-0.2, 0) is 6.73 Å². The summed E-state index contributed by atoms with van der Waals surface area (Å²) in [5.74, 6) is -1.73. The van der Waals surface area contributed by atoms with Gasteiger partial charge in [0.15, 0.2) is 18.3 Å². The molecule has 1 aromatic heterocycles. The molecular formula is C17H19F2N3O2. The highest BCUT2D eigenvalue weighted by Gasteiger charge is 2.18. The maximum absolute atomic E-state index is 13.5. The number of carbonyl (C=O) groups excluding carboxylic acids is 1. The lowest BCUT2D eigenvalue weighted by Gasteiger charge is -2.22. The Kier molecular flexibility index (Phi) is 5.08. The lowest BCUT2D eigenvalue weighted by molar-refractivity contribution is 0.0920. The Balaban J connectivity index is 1.55. The van der Waals surface area contributed by atoms with Crippen molar-refractivity contribution in [2.24, 2.45) is 0 Å². The van der Waals surface area contributed by atoms with Crippen molar-refractivity contribution in [2.75, 3.05) is 0 Å². The minimum absolute atomic E-state index is 0.0693. The molecule has 5 nitrogen and oxygen atoms in total. The molecule has 0 radical (unpaired) electrons. The van der Waals surface area contributed by atoms with Gasteiger partial charge in [-0.15, -0.1) is 0 Å². The van der Waals surface area contributed by atoms with Gasteiger partial charge in [-0.3, -0.25) is 4.79 Å². The molecule has 3 rings (SSSR count). The van der Waals surface area contributed by atoms with E-state index in [1.807, 2.05) is 0 Å². The number of nitrogens with one attached hydrogen (secondary N) is 1.